The normalized spacial score (nSPS) is 11.9. The molecule has 1 atom stereocenters. The van der Waals surface area contributed by atoms with Crippen LogP contribution in [0.3, 0.4) is 0 Å². The standard InChI is InChI=1S/C16H16Br2O3/c1-19-13-7-4-10(8-15(13)21-3)16(18)12-6-5-11(17)9-14(12)20-2/h4-9,16H,1-3H3. The summed E-state index contributed by atoms with van der Waals surface area (Å²) in [5, 5.41) is 0. The minimum Gasteiger partial charge on any atom is -0.496 e. The number of hydrogen-bond acceptors (Lipinski definition) is 3. The molecule has 0 N–H and O–H groups in total. The van der Waals surface area contributed by atoms with Gasteiger partial charge in [-0.3, -0.25) is 0 Å². The summed E-state index contributed by atoms with van der Waals surface area (Å²) in [6, 6.07) is 11.8. The van der Waals surface area contributed by atoms with Crippen LogP contribution in [0.4, 0.5) is 0 Å². The molecule has 0 aliphatic carbocycles. The van der Waals surface area contributed by atoms with Gasteiger partial charge in [0.2, 0.25) is 0 Å². The second-order valence-corrected chi connectivity index (χ2v) is 6.19. The molecule has 0 fully saturated rings. The second-order valence-electron chi connectivity index (χ2n) is 4.36. The first-order valence-corrected chi connectivity index (χ1v) is 8.01. The van der Waals surface area contributed by atoms with Gasteiger partial charge in [0, 0.05) is 10.0 Å². The van der Waals surface area contributed by atoms with Crippen molar-refractivity contribution in [2.24, 2.45) is 0 Å². The zero-order valence-corrected chi connectivity index (χ0v) is 15.2. The smallest absolute Gasteiger partial charge is 0.161 e. The quantitative estimate of drug-likeness (QED) is 0.646. The molecule has 0 spiro atoms. The highest BCUT2D eigenvalue weighted by Gasteiger charge is 2.17. The Bertz CT molecular complexity index is 629. The number of hydrogen-bond donors (Lipinski definition) is 0. The zero-order valence-electron chi connectivity index (χ0n) is 12.0. The highest BCUT2D eigenvalue weighted by atomic mass is 79.9. The van der Waals surface area contributed by atoms with Gasteiger partial charge in [0.05, 0.1) is 26.2 Å². The maximum Gasteiger partial charge on any atom is 0.161 e. The Morgan fingerprint density at radius 3 is 2.10 bits per heavy atom. The van der Waals surface area contributed by atoms with Crippen molar-refractivity contribution in [1.82, 2.24) is 0 Å². The van der Waals surface area contributed by atoms with Gasteiger partial charge in [-0.1, -0.05) is 44.0 Å². The van der Waals surface area contributed by atoms with Gasteiger partial charge in [0.25, 0.3) is 0 Å². The van der Waals surface area contributed by atoms with E-state index in [-0.39, 0.29) is 4.83 Å². The van der Waals surface area contributed by atoms with Crippen LogP contribution >= 0.6 is 31.9 Å². The van der Waals surface area contributed by atoms with Gasteiger partial charge >= 0.3 is 0 Å². The van der Waals surface area contributed by atoms with Gasteiger partial charge in [-0.25, -0.2) is 0 Å². The molecule has 0 radical (unpaired) electrons. The summed E-state index contributed by atoms with van der Waals surface area (Å²) in [4.78, 5) is 0.000330. The van der Waals surface area contributed by atoms with Gasteiger partial charge in [-0.15, -0.1) is 0 Å². The molecule has 112 valence electrons. The maximum absolute atomic E-state index is 5.45. The van der Waals surface area contributed by atoms with Crippen LogP contribution in [0, 0.1) is 0 Å². The Balaban J connectivity index is 2.42. The molecule has 0 amide bonds. The lowest BCUT2D eigenvalue weighted by atomic mass is 10.0. The summed E-state index contributed by atoms with van der Waals surface area (Å²) < 4.78 is 17.1. The molecule has 0 saturated carbocycles. The van der Waals surface area contributed by atoms with Crippen LogP contribution in [0.15, 0.2) is 40.9 Å². The van der Waals surface area contributed by atoms with E-state index in [4.69, 9.17) is 14.2 Å². The molecule has 2 aromatic rings. The van der Waals surface area contributed by atoms with Gasteiger partial charge in [-0.2, -0.15) is 0 Å². The number of rotatable bonds is 5. The topological polar surface area (TPSA) is 27.7 Å². The number of alkyl halides is 1. The first-order valence-electron chi connectivity index (χ1n) is 6.30. The van der Waals surface area contributed by atoms with Crippen molar-refractivity contribution in [1.29, 1.82) is 0 Å². The fourth-order valence-electron chi connectivity index (χ4n) is 2.08. The maximum atomic E-state index is 5.45. The molecule has 21 heavy (non-hydrogen) atoms. The fraction of sp³-hybridized carbons (Fsp3) is 0.250. The van der Waals surface area contributed by atoms with Gasteiger partial charge < -0.3 is 14.2 Å². The summed E-state index contributed by atoms with van der Waals surface area (Å²) in [5.74, 6) is 2.24. The third kappa shape index (κ3) is 3.52. The molecule has 0 aliphatic heterocycles. The molecule has 0 saturated heterocycles. The van der Waals surface area contributed by atoms with E-state index in [0.717, 1.165) is 21.3 Å². The van der Waals surface area contributed by atoms with Gasteiger partial charge in [0.15, 0.2) is 11.5 Å². The van der Waals surface area contributed by atoms with E-state index in [0.29, 0.717) is 11.5 Å². The zero-order chi connectivity index (χ0) is 15.4. The molecule has 0 aliphatic rings. The van der Waals surface area contributed by atoms with Crippen molar-refractivity contribution in [2.75, 3.05) is 21.3 Å². The van der Waals surface area contributed by atoms with E-state index in [1.807, 2.05) is 36.4 Å². The Morgan fingerprint density at radius 2 is 1.48 bits per heavy atom. The summed E-state index contributed by atoms with van der Waals surface area (Å²) in [5.41, 5.74) is 2.11. The lowest BCUT2D eigenvalue weighted by molar-refractivity contribution is 0.354. The van der Waals surface area contributed by atoms with E-state index in [9.17, 15) is 0 Å². The molecular weight excluding hydrogens is 400 g/mol. The van der Waals surface area contributed by atoms with E-state index in [2.05, 4.69) is 31.9 Å². The van der Waals surface area contributed by atoms with Crippen molar-refractivity contribution in [2.45, 2.75) is 4.83 Å². The number of methoxy groups -OCH3 is 3. The highest BCUT2D eigenvalue weighted by Crippen LogP contribution is 2.40. The summed E-state index contributed by atoms with van der Waals surface area (Å²) in [7, 11) is 4.92. The molecule has 0 heterocycles. The SMILES string of the molecule is COc1ccc(C(Br)c2ccc(Br)cc2OC)cc1OC. The van der Waals surface area contributed by atoms with Crippen molar-refractivity contribution in [3.05, 3.63) is 52.0 Å². The average molecular weight is 416 g/mol. The third-order valence-corrected chi connectivity index (χ3v) is 4.68. The summed E-state index contributed by atoms with van der Waals surface area (Å²) in [6.07, 6.45) is 0. The number of halogens is 2. The van der Waals surface area contributed by atoms with E-state index >= 15 is 0 Å². The molecule has 0 aromatic heterocycles. The van der Waals surface area contributed by atoms with Gasteiger partial charge in [-0.05, 0) is 29.8 Å². The molecule has 0 bridgehead atoms. The predicted octanol–water partition coefficient (Wildman–Crippen LogP) is 4.96. The van der Waals surface area contributed by atoms with E-state index < -0.39 is 0 Å². The lowest BCUT2D eigenvalue weighted by Gasteiger charge is -2.17. The van der Waals surface area contributed by atoms with Crippen LogP contribution in [-0.4, -0.2) is 21.3 Å². The third-order valence-electron chi connectivity index (χ3n) is 3.17. The fourth-order valence-corrected chi connectivity index (χ4v) is 3.09. The van der Waals surface area contributed by atoms with E-state index in [1.165, 1.54) is 0 Å². The van der Waals surface area contributed by atoms with E-state index in [1.54, 1.807) is 21.3 Å². The Labute approximate surface area is 141 Å². The molecule has 2 aromatic carbocycles. The Hall–Kier alpha value is -1.20. The van der Waals surface area contributed by atoms with Crippen LogP contribution in [0.2, 0.25) is 0 Å². The largest absolute Gasteiger partial charge is 0.496 e. The van der Waals surface area contributed by atoms with Crippen LogP contribution < -0.4 is 14.2 Å². The first-order chi connectivity index (χ1) is 10.1. The Morgan fingerprint density at radius 1 is 0.810 bits per heavy atom. The van der Waals surface area contributed by atoms with Crippen molar-refractivity contribution in [3.8, 4) is 17.2 Å². The van der Waals surface area contributed by atoms with Crippen molar-refractivity contribution >= 4 is 31.9 Å². The number of ether oxygens (including phenoxy) is 3. The van der Waals surface area contributed by atoms with Crippen molar-refractivity contribution in [3.63, 3.8) is 0 Å². The van der Waals surface area contributed by atoms with Crippen LogP contribution in [0.5, 0.6) is 17.2 Å². The summed E-state index contributed by atoms with van der Waals surface area (Å²) >= 11 is 7.18. The molecule has 1 unspecified atom stereocenters. The molecule has 2 rings (SSSR count). The number of benzene rings is 2. The summed E-state index contributed by atoms with van der Waals surface area (Å²) in [6.45, 7) is 0. The van der Waals surface area contributed by atoms with Gasteiger partial charge in [0.1, 0.15) is 5.75 Å². The molecular formula is C16H16Br2O3. The molecule has 5 heteroatoms. The van der Waals surface area contributed by atoms with Crippen LogP contribution in [0.25, 0.3) is 0 Å². The average Bonchev–Trinajstić information content (AvgIpc) is 2.53. The second kappa shape index (κ2) is 7.18. The monoisotopic (exact) mass is 414 g/mol. The Kier molecular flexibility index (Phi) is 5.53. The first kappa shape index (κ1) is 16.2. The minimum absolute atomic E-state index is 0.000330. The lowest BCUT2D eigenvalue weighted by Crippen LogP contribution is -1.99. The predicted molar refractivity (Wildman–Crippen MR) is 91.0 cm³/mol. The minimum atomic E-state index is 0.000330. The van der Waals surface area contributed by atoms with Crippen molar-refractivity contribution < 1.29 is 14.2 Å². The highest BCUT2D eigenvalue weighted by molar-refractivity contribution is 9.10. The van der Waals surface area contributed by atoms with Crippen LogP contribution in [0.1, 0.15) is 16.0 Å². The molecule has 3 nitrogen and oxygen atoms in total. The van der Waals surface area contributed by atoms with Crippen LogP contribution in [-0.2, 0) is 0 Å².